The van der Waals surface area contributed by atoms with Crippen LogP contribution in [0.4, 0.5) is 4.39 Å². The molecule has 0 spiro atoms. The van der Waals surface area contributed by atoms with Gasteiger partial charge in [0.25, 0.3) is 0 Å². The Labute approximate surface area is 240 Å². The third-order valence-electron chi connectivity index (χ3n) is 8.28. The monoisotopic (exact) mass is 551 g/mol. The fourth-order valence-electron chi connectivity index (χ4n) is 6.53. The lowest BCUT2D eigenvalue weighted by Crippen LogP contribution is -2.09. The Morgan fingerprint density at radius 2 is 1.68 bits per heavy atom. The minimum atomic E-state index is -0.391. The maximum absolute atomic E-state index is 15.4. The van der Waals surface area contributed by atoms with Crippen molar-refractivity contribution in [1.82, 2.24) is 4.98 Å². The van der Waals surface area contributed by atoms with E-state index in [2.05, 4.69) is 43.1 Å². The lowest BCUT2D eigenvalue weighted by molar-refractivity contribution is -0.141. The van der Waals surface area contributed by atoms with E-state index in [-0.39, 0.29) is 24.1 Å². The number of esters is 1. The molecule has 2 aliphatic rings. The number of nitrogens with zero attached hydrogens (tertiary/aromatic N) is 1. The molecule has 6 rings (SSSR count). The first-order valence-electron chi connectivity index (χ1n) is 14.1. The summed E-state index contributed by atoms with van der Waals surface area (Å²) in [7, 11) is 1.39. The number of ether oxygens (including phenoxy) is 3. The third kappa shape index (κ3) is 5.08. The Bertz CT molecular complexity index is 1630. The number of aromatic nitrogens is 1. The standard InChI is InChI=1S/C35H34FNO4/c1-19-12-23(24-14-21(3)37-22(4)15-24)13-20(2)34(19)28-8-10-30(36)35-29(28)9-11-31(35)41-26-6-7-27-25(16-33(38)39-5)18-40-32(27)17-26/h6-8,10,12-15,17,25,31H,9,11,16,18H2,1-5H3/t25?,31-/m1/s1. The molecule has 0 fully saturated rings. The minimum Gasteiger partial charge on any atom is -0.492 e. The Balaban J connectivity index is 1.30. The molecule has 0 radical (unpaired) electrons. The fraction of sp³-hybridized carbons (Fsp3) is 0.314. The molecule has 1 aliphatic heterocycles. The normalized spacial score (nSPS) is 17.1. The zero-order valence-electron chi connectivity index (χ0n) is 24.1. The molecule has 1 unspecified atom stereocenters. The predicted octanol–water partition coefficient (Wildman–Crippen LogP) is 7.89. The van der Waals surface area contributed by atoms with Gasteiger partial charge in [0.05, 0.1) is 20.1 Å². The van der Waals surface area contributed by atoms with Crippen LogP contribution in [0.1, 0.15) is 64.1 Å². The van der Waals surface area contributed by atoms with E-state index in [0.29, 0.717) is 30.1 Å². The second-order valence-electron chi connectivity index (χ2n) is 11.2. The highest BCUT2D eigenvalue weighted by atomic mass is 19.1. The van der Waals surface area contributed by atoms with Crippen molar-refractivity contribution in [3.05, 3.63) is 99.6 Å². The molecule has 6 heteroatoms. The quantitative estimate of drug-likeness (QED) is 0.228. The van der Waals surface area contributed by atoms with Crippen molar-refractivity contribution in [2.45, 2.75) is 59.0 Å². The van der Waals surface area contributed by atoms with Gasteiger partial charge in [-0.15, -0.1) is 0 Å². The summed E-state index contributed by atoms with van der Waals surface area (Å²) < 4.78 is 32.4. The second-order valence-corrected chi connectivity index (χ2v) is 11.2. The molecule has 3 aromatic carbocycles. The van der Waals surface area contributed by atoms with Crippen molar-refractivity contribution in [2.24, 2.45) is 0 Å². The van der Waals surface area contributed by atoms with Gasteiger partial charge < -0.3 is 14.2 Å². The number of methoxy groups -OCH3 is 1. The number of pyridine rings is 1. The molecule has 1 aromatic heterocycles. The molecule has 210 valence electrons. The van der Waals surface area contributed by atoms with E-state index in [4.69, 9.17) is 14.2 Å². The van der Waals surface area contributed by atoms with Crippen molar-refractivity contribution < 1.29 is 23.4 Å². The lowest BCUT2D eigenvalue weighted by Gasteiger charge is -2.19. The fourth-order valence-corrected chi connectivity index (χ4v) is 6.53. The zero-order valence-corrected chi connectivity index (χ0v) is 24.1. The van der Waals surface area contributed by atoms with Gasteiger partial charge in [-0.1, -0.05) is 24.3 Å². The van der Waals surface area contributed by atoms with Gasteiger partial charge >= 0.3 is 5.97 Å². The molecule has 0 saturated carbocycles. The highest BCUT2D eigenvalue weighted by Gasteiger charge is 2.32. The van der Waals surface area contributed by atoms with Crippen LogP contribution in [-0.4, -0.2) is 24.7 Å². The van der Waals surface area contributed by atoms with Crippen molar-refractivity contribution in [1.29, 1.82) is 0 Å². The minimum absolute atomic E-state index is 0.0387. The van der Waals surface area contributed by atoms with Gasteiger partial charge in [-0.05, 0) is 104 Å². The number of benzene rings is 3. The number of carbonyl (C=O) groups excluding carboxylic acids is 1. The molecule has 5 nitrogen and oxygen atoms in total. The lowest BCUT2D eigenvalue weighted by atomic mass is 9.88. The van der Waals surface area contributed by atoms with Crippen LogP contribution in [0.5, 0.6) is 11.5 Å². The first-order valence-corrected chi connectivity index (χ1v) is 14.1. The van der Waals surface area contributed by atoms with Crippen molar-refractivity contribution in [3.63, 3.8) is 0 Å². The molecular formula is C35H34FNO4. The highest BCUT2D eigenvalue weighted by Crippen LogP contribution is 2.45. The van der Waals surface area contributed by atoms with Crippen LogP contribution in [0, 0.1) is 33.5 Å². The third-order valence-corrected chi connectivity index (χ3v) is 8.28. The van der Waals surface area contributed by atoms with Gasteiger partial charge in [0.1, 0.15) is 23.4 Å². The summed E-state index contributed by atoms with van der Waals surface area (Å²) in [5.41, 5.74) is 11.5. The van der Waals surface area contributed by atoms with Crippen LogP contribution < -0.4 is 9.47 Å². The number of hydrogen-bond donors (Lipinski definition) is 0. The Kier molecular flexibility index (Phi) is 7.02. The van der Waals surface area contributed by atoms with Gasteiger partial charge in [0.15, 0.2) is 0 Å². The Morgan fingerprint density at radius 1 is 0.976 bits per heavy atom. The average molecular weight is 552 g/mol. The van der Waals surface area contributed by atoms with Crippen LogP contribution in [0.2, 0.25) is 0 Å². The molecule has 0 saturated heterocycles. The van der Waals surface area contributed by atoms with Gasteiger partial charge in [-0.3, -0.25) is 9.78 Å². The number of carbonyl (C=O) groups is 1. The van der Waals surface area contributed by atoms with E-state index >= 15 is 4.39 Å². The highest BCUT2D eigenvalue weighted by molar-refractivity contribution is 5.80. The van der Waals surface area contributed by atoms with Crippen LogP contribution in [0.3, 0.4) is 0 Å². The first-order chi connectivity index (χ1) is 19.7. The SMILES string of the molecule is COC(=O)CC1COc2cc(O[C@@H]3CCc4c(-c5c(C)cc(-c6cc(C)nc(C)c6)cc5C)ccc(F)c43)ccc21. The summed E-state index contributed by atoms with van der Waals surface area (Å²) in [6, 6.07) is 17.8. The zero-order chi connectivity index (χ0) is 28.8. The number of halogens is 1. The molecule has 2 heterocycles. The molecule has 0 bridgehead atoms. The van der Waals surface area contributed by atoms with Crippen molar-refractivity contribution >= 4 is 5.97 Å². The summed E-state index contributed by atoms with van der Waals surface area (Å²) in [5.74, 6) is 0.794. The number of rotatable bonds is 6. The van der Waals surface area contributed by atoms with E-state index in [1.54, 1.807) is 6.07 Å². The molecule has 2 atom stereocenters. The molecular weight excluding hydrogens is 517 g/mol. The average Bonchev–Trinajstić information content (AvgIpc) is 3.53. The topological polar surface area (TPSA) is 57.7 Å². The van der Waals surface area contributed by atoms with Gasteiger partial charge in [-0.25, -0.2) is 4.39 Å². The molecule has 0 amide bonds. The van der Waals surface area contributed by atoms with Gasteiger partial charge in [0, 0.05) is 34.5 Å². The largest absolute Gasteiger partial charge is 0.492 e. The summed E-state index contributed by atoms with van der Waals surface area (Å²) in [6.45, 7) is 8.72. The molecule has 0 N–H and O–H groups in total. The second kappa shape index (κ2) is 10.7. The van der Waals surface area contributed by atoms with Crippen molar-refractivity contribution in [2.75, 3.05) is 13.7 Å². The van der Waals surface area contributed by atoms with Crippen molar-refractivity contribution in [3.8, 4) is 33.8 Å². The summed E-state index contributed by atoms with van der Waals surface area (Å²) in [5, 5.41) is 0. The maximum Gasteiger partial charge on any atom is 0.306 e. The number of fused-ring (bicyclic) bond motifs is 2. The predicted molar refractivity (Wildman–Crippen MR) is 157 cm³/mol. The number of hydrogen-bond acceptors (Lipinski definition) is 5. The van der Waals surface area contributed by atoms with E-state index < -0.39 is 6.10 Å². The van der Waals surface area contributed by atoms with E-state index in [0.717, 1.165) is 62.3 Å². The van der Waals surface area contributed by atoms with Gasteiger partial charge in [0.2, 0.25) is 0 Å². The Hall–Kier alpha value is -4.19. The van der Waals surface area contributed by atoms with E-state index in [9.17, 15) is 4.79 Å². The summed E-state index contributed by atoms with van der Waals surface area (Å²) in [6.07, 6.45) is 1.31. The molecule has 1 aliphatic carbocycles. The number of aryl methyl sites for hydroxylation is 4. The first kappa shape index (κ1) is 27.0. The van der Waals surface area contributed by atoms with Crippen LogP contribution >= 0.6 is 0 Å². The molecule has 4 aromatic rings. The Morgan fingerprint density at radius 3 is 2.39 bits per heavy atom. The molecule has 41 heavy (non-hydrogen) atoms. The smallest absolute Gasteiger partial charge is 0.306 e. The van der Waals surface area contributed by atoms with Crippen LogP contribution in [0.25, 0.3) is 22.3 Å². The van der Waals surface area contributed by atoms with Gasteiger partial charge in [-0.2, -0.15) is 0 Å². The van der Waals surface area contributed by atoms with E-state index in [1.165, 1.54) is 7.11 Å². The summed E-state index contributed by atoms with van der Waals surface area (Å²) >= 11 is 0. The van der Waals surface area contributed by atoms with Crippen LogP contribution in [0.15, 0.2) is 54.6 Å². The van der Waals surface area contributed by atoms with Crippen LogP contribution in [-0.2, 0) is 16.0 Å². The maximum atomic E-state index is 15.4. The van der Waals surface area contributed by atoms with E-state index in [1.807, 2.05) is 38.1 Å². The summed E-state index contributed by atoms with van der Waals surface area (Å²) in [4.78, 5) is 16.3.